The van der Waals surface area contributed by atoms with Crippen molar-refractivity contribution in [3.05, 3.63) is 16.5 Å². The van der Waals surface area contributed by atoms with Gasteiger partial charge in [0.15, 0.2) is 4.67 Å². The summed E-state index contributed by atoms with van der Waals surface area (Å²) in [5.74, 6) is 0.599. The van der Waals surface area contributed by atoms with Crippen LogP contribution in [0.3, 0.4) is 0 Å². The molecule has 0 radical (unpaired) electrons. The highest BCUT2D eigenvalue weighted by molar-refractivity contribution is 9.10. The first-order valence-corrected chi connectivity index (χ1v) is 9.40. The van der Waals surface area contributed by atoms with Gasteiger partial charge in [-0.3, -0.25) is 0 Å². The molecule has 1 aromatic heterocycles. The van der Waals surface area contributed by atoms with E-state index in [-0.39, 0.29) is 15.6 Å². The molecule has 0 aromatic carbocycles. The van der Waals surface area contributed by atoms with Crippen molar-refractivity contribution in [2.75, 3.05) is 26.7 Å². The number of likely N-dealkylation sites (N-methyl/N-ethyl adjacent to an activating group) is 1. The van der Waals surface area contributed by atoms with E-state index in [4.69, 9.17) is 4.42 Å². The summed E-state index contributed by atoms with van der Waals surface area (Å²) in [7, 11) is -1.53. The molecule has 2 heterocycles. The molecule has 1 aliphatic heterocycles. The quantitative estimate of drug-likeness (QED) is 0.751. The number of sulfonamides is 1. The topological polar surface area (TPSA) is 74.6 Å². The van der Waals surface area contributed by atoms with Crippen molar-refractivity contribution in [1.29, 1.82) is 0 Å². The Labute approximate surface area is 134 Å². The molecule has 8 heteroatoms. The van der Waals surface area contributed by atoms with Crippen LogP contribution in [0.5, 0.6) is 0 Å². The fourth-order valence-electron chi connectivity index (χ4n) is 2.44. The number of halogens is 1. The maximum atomic E-state index is 12.4. The summed E-state index contributed by atoms with van der Waals surface area (Å²) < 4.78 is 33.1. The lowest BCUT2D eigenvalue weighted by Crippen LogP contribution is -2.38. The average molecular weight is 380 g/mol. The van der Waals surface area contributed by atoms with E-state index in [2.05, 4.69) is 30.9 Å². The summed E-state index contributed by atoms with van der Waals surface area (Å²) >= 11 is 3.19. The largest absolute Gasteiger partial charge is 0.452 e. The fraction of sp³-hybridized carbons (Fsp3) is 0.692. The second kappa shape index (κ2) is 7.23. The predicted octanol–water partition coefficient (Wildman–Crippen LogP) is 1.52. The summed E-state index contributed by atoms with van der Waals surface area (Å²) in [6.07, 6.45) is 2.14. The van der Waals surface area contributed by atoms with Crippen LogP contribution in [-0.4, -0.2) is 46.0 Å². The highest BCUT2D eigenvalue weighted by Crippen LogP contribution is 2.26. The summed E-state index contributed by atoms with van der Waals surface area (Å²) in [6, 6.07) is 1.83. The van der Waals surface area contributed by atoms with Crippen molar-refractivity contribution in [3.63, 3.8) is 0 Å². The molecule has 0 spiro atoms. The van der Waals surface area contributed by atoms with Gasteiger partial charge in [-0.05, 0) is 48.9 Å². The summed E-state index contributed by atoms with van der Waals surface area (Å²) in [5.41, 5.74) is 0. The number of hydrogen-bond acceptors (Lipinski definition) is 5. The third-order valence-corrected chi connectivity index (χ3v) is 6.01. The number of likely N-dealkylation sites (tertiary alicyclic amines) is 1. The van der Waals surface area contributed by atoms with Crippen LogP contribution in [0, 0.1) is 0 Å². The molecular formula is C13H22BrN3O3S. The van der Waals surface area contributed by atoms with Crippen LogP contribution >= 0.6 is 15.9 Å². The minimum atomic E-state index is -3.55. The predicted molar refractivity (Wildman–Crippen MR) is 84.6 cm³/mol. The highest BCUT2D eigenvalue weighted by Gasteiger charge is 2.26. The molecule has 0 amide bonds. The van der Waals surface area contributed by atoms with E-state index < -0.39 is 10.0 Å². The van der Waals surface area contributed by atoms with Crippen molar-refractivity contribution in [1.82, 2.24) is 14.9 Å². The maximum Gasteiger partial charge on any atom is 0.245 e. The molecule has 120 valence electrons. The zero-order valence-corrected chi connectivity index (χ0v) is 14.8. The zero-order chi connectivity index (χ0) is 15.5. The molecule has 1 aliphatic rings. The number of rotatable bonds is 7. The smallest absolute Gasteiger partial charge is 0.245 e. The molecular weight excluding hydrogens is 358 g/mol. The number of nitrogens with one attached hydrogen (secondary N) is 2. The van der Waals surface area contributed by atoms with Crippen molar-refractivity contribution >= 4 is 26.0 Å². The molecule has 21 heavy (non-hydrogen) atoms. The van der Waals surface area contributed by atoms with Crippen molar-refractivity contribution in [2.24, 2.45) is 0 Å². The zero-order valence-electron chi connectivity index (χ0n) is 12.4. The van der Waals surface area contributed by atoms with E-state index >= 15 is 0 Å². The van der Waals surface area contributed by atoms with Crippen LogP contribution in [0.4, 0.5) is 0 Å². The standard InChI is InChI=1S/C13H22BrN3O3S/c1-3-15-9-11-7-12(13(14)20-11)21(18,19)16-8-10-5-4-6-17(10)2/h7,10,15-16H,3-6,8-9H2,1-2H3. The van der Waals surface area contributed by atoms with Crippen LogP contribution in [0.1, 0.15) is 25.5 Å². The minimum Gasteiger partial charge on any atom is -0.452 e. The second-order valence-electron chi connectivity index (χ2n) is 5.26. The molecule has 0 bridgehead atoms. The van der Waals surface area contributed by atoms with Crippen LogP contribution in [0.15, 0.2) is 20.0 Å². The van der Waals surface area contributed by atoms with E-state index in [1.165, 1.54) is 0 Å². The van der Waals surface area contributed by atoms with Gasteiger partial charge in [-0.15, -0.1) is 0 Å². The fourth-order valence-corrected chi connectivity index (χ4v) is 4.51. The molecule has 2 rings (SSSR count). The lowest BCUT2D eigenvalue weighted by atomic mass is 10.2. The van der Waals surface area contributed by atoms with Gasteiger partial charge in [-0.2, -0.15) is 0 Å². The van der Waals surface area contributed by atoms with Gasteiger partial charge in [0.1, 0.15) is 10.7 Å². The Morgan fingerprint density at radius 2 is 2.29 bits per heavy atom. The van der Waals surface area contributed by atoms with Gasteiger partial charge in [-0.25, -0.2) is 13.1 Å². The van der Waals surface area contributed by atoms with Crippen LogP contribution < -0.4 is 10.0 Å². The Morgan fingerprint density at radius 1 is 1.52 bits per heavy atom. The molecule has 0 aliphatic carbocycles. The molecule has 6 nitrogen and oxygen atoms in total. The Balaban J connectivity index is 2.03. The normalized spacial score (nSPS) is 20.2. The molecule has 0 saturated carbocycles. The molecule has 2 N–H and O–H groups in total. The van der Waals surface area contributed by atoms with Crippen LogP contribution in [0.25, 0.3) is 0 Å². The summed E-state index contributed by atoms with van der Waals surface area (Å²) in [4.78, 5) is 2.35. The van der Waals surface area contributed by atoms with E-state index in [1.54, 1.807) is 6.07 Å². The van der Waals surface area contributed by atoms with E-state index in [0.717, 1.165) is 25.9 Å². The second-order valence-corrected chi connectivity index (χ2v) is 7.72. The molecule has 1 aromatic rings. The lowest BCUT2D eigenvalue weighted by Gasteiger charge is -2.19. The van der Waals surface area contributed by atoms with Gasteiger partial charge in [0.05, 0.1) is 6.54 Å². The van der Waals surface area contributed by atoms with Crippen molar-refractivity contribution in [2.45, 2.75) is 37.2 Å². The third kappa shape index (κ3) is 4.29. The Kier molecular flexibility index (Phi) is 5.84. The van der Waals surface area contributed by atoms with E-state index in [9.17, 15) is 8.42 Å². The Bertz CT molecular complexity index is 573. The van der Waals surface area contributed by atoms with Crippen molar-refractivity contribution in [3.8, 4) is 0 Å². The van der Waals surface area contributed by atoms with E-state index in [1.807, 2.05) is 14.0 Å². The van der Waals surface area contributed by atoms with Gasteiger partial charge >= 0.3 is 0 Å². The van der Waals surface area contributed by atoms with Gasteiger partial charge in [0.2, 0.25) is 10.0 Å². The number of furan rings is 1. The summed E-state index contributed by atoms with van der Waals surface area (Å²) in [5, 5.41) is 3.10. The first kappa shape index (κ1) is 17.0. The van der Waals surface area contributed by atoms with Gasteiger partial charge in [-0.1, -0.05) is 6.92 Å². The van der Waals surface area contributed by atoms with Gasteiger partial charge in [0, 0.05) is 18.7 Å². The molecule has 1 unspecified atom stereocenters. The monoisotopic (exact) mass is 379 g/mol. The van der Waals surface area contributed by atoms with Crippen LogP contribution in [0.2, 0.25) is 0 Å². The van der Waals surface area contributed by atoms with Crippen LogP contribution in [-0.2, 0) is 16.6 Å². The minimum absolute atomic E-state index is 0.163. The molecule has 1 atom stereocenters. The Morgan fingerprint density at radius 3 is 2.90 bits per heavy atom. The third-order valence-electron chi connectivity index (χ3n) is 3.73. The van der Waals surface area contributed by atoms with Gasteiger partial charge in [0.25, 0.3) is 0 Å². The van der Waals surface area contributed by atoms with E-state index in [0.29, 0.717) is 18.8 Å². The highest BCUT2D eigenvalue weighted by atomic mass is 79.9. The SMILES string of the molecule is CCNCc1cc(S(=O)(=O)NCC2CCCN2C)c(Br)o1. The molecule has 1 fully saturated rings. The number of hydrogen-bond donors (Lipinski definition) is 2. The first-order chi connectivity index (χ1) is 9.94. The first-order valence-electron chi connectivity index (χ1n) is 7.13. The van der Waals surface area contributed by atoms with Crippen molar-refractivity contribution < 1.29 is 12.8 Å². The average Bonchev–Trinajstić information content (AvgIpc) is 3.00. The number of nitrogens with zero attached hydrogens (tertiary/aromatic N) is 1. The summed E-state index contributed by atoms with van der Waals surface area (Å²) in [6.45, 7) is 4.74. The maximum absolute atomic E-state index is 12.4. The Hall–Kier alpha value is -0.410. The molecule has 1 saturated heterocycles. The lowest BCUT2D eigenvalue weighted by molar-refractivity contribution is 0.310. The van der Waals surface area contributed by atoms with Gasteiger partial charge < -0.3 is 14.6 Å².